The Labute approximate surface area is 147 Å². The summed E-state index contributed by atoms with van der Waals surface area (Å²) in [6.07, 6.45) is 0.719. The number of fused-ring (bicyclic) bond motifs is 1. The van der Waals surface area contributed by atoms with Crippen LogP contribution >= 0.6 is 0 Å². The van der Waals surface area contributed by atoms with Gasteiger partial charge in [-0.3, -0.25) is 9.69 Å². The molecule has 1 aromatic heterocycles. The maximum atomic E-state index is 12.7. The average Bonchev–Trinajstić information content (AvgIpc) is 2.98. The lowest BCUT2D eigenvalue weighted by atomic mass is 10.2. The fraction of sp³-hybridized carbons (Fsp3) is 0.500. The Bertz CT molecular complexity index is 716. The summed E-state index contributed by atoms with van der Waals surface area (Å²) < 4.78 is 11.0. The highest BCUT2D eigenvalue weighted by atomic mass is 16.5. The van der Waals surface area contributed by atoms with Crippen LogP contribution in [0.3, 0.4) is 0 Å². The molecule has 1 aromatic carbocycles. The van der Waals surface area contributed by atoms with Crippen LogP contribution in [0.5, 0.6) is 5.75 Å². The third-order valence-corrected chi connectivity index (χ3v) is 4.28. The molecule has 25 heavy (non-hydrogen) atoms. The molecule has 0 bridgehead atoms. The van der Waals surface area contributed by atoms with Gasteiger partial charge in [0.15, 0.2) is 5.82 Å². The number of rotatable bonds is 6. The fourth-order valence-corrected chi connectivity index (χ4v) is 2.84. The van der Waals surface area contributed by atoms with Gasteiger partial charge in [-0.05, 0) is 13.0 Å². The van der Waals surface area contributed by atoms with Gasteiger partial charge < -0.3 is 14.2 Å². The Balaban J connectivity index is 1.61. The Morgan fingerprint density at radius 1 is 1.32 bits per heavy atom. The van der Waals surface area contributed by atoms with Crippen LogP contribution in [-0.4, -0.2) is 52.1 Å². The van der Waals surface area contributed by atoms with Crippen molar-refractivity contribution in [2.45, 2.75) is 33.4 Å². The lowest BCUT2D eigenvalue weighted by molar-refractivity contribution is -0.133. The minimum absolute atomic E-state index is 0.0538. The molecular weight excluding hydrogens is 320 g/mol. The molecule has 134 valence electrons. The lowest BCUT2D eigenvalue weighted by Crippen LogP contribution is -2.40. The second-order valence-electron chi connectivity index (χ2n) is 6.03. The van der Waals surface area contributed by atoms with Crippen LogP contribution in [0.1, 0.15) is 31.1 Å². The first kappa shape index (κ1) is 17.4. The summed E-state index contributed by atoms with van der Waals surface area (Å²) in [5.41, 5.74) is 1.11. The van der Waals surface area contributed by atoms with E-state index in [1.165, 1.54) is 0 Å². The molecule has 2 aromatic rings. The summed E-state index contributed by atoms with van der Waals surface area (Å²) >= 11 is 0. The van der Waals surface area contributed by atoms with E-state index < -0.39 is 0 Å². The summed E-state index contributed by atoms with van der Waals surface area (Å²) in [5.74, 6) is 2.11. The van der Waals surface area contributed by atoms with Crippen LogP contribution in [-0.2, 0) is 24.3 Å². The molecule has 0 saturated carbocycles. The van der Waals surface area contributed by atoms with Crippen molar-refractivity contribution in [2.24, 2.45) is 0 Å². The first-order valence-corrected chi connectivity index (χ1v) is 8.71. The van der Waals surface area contributed by atoms with E-state index in [-0.39, 0.29) is 5.91 Å². The summed E-state index contributed by atoms with van der Waals surface area (Å²) in [5, 5.41) is 3.88. The van der Waals surface area contributed by atoms with Crippen LogP contribution < -0.4 is 4.74 Å². The summed E-state index contributed by atoms with van der Waals surface area (Å²) in [7, 11) is 0. The van der Waals surface area contributed by atoms with Gasteiger partial charge in [0.05, 0.1) is 6.54 Å². The van der Waals surface area contributed by atoms with Crippen LogP contribution in [0, 0.1) is 0 Å². The maximum absolute atomic E-state index is 12.7. The molecule has 1 aliphatic rings. The normalized spacial score (nSPS) is 14.5. The molecule has 0 aliphatic carbocycles. The van der Waals surface area contributed by atoms with E-state index in [4.69, 9.17) is 9.26 Å². The second kappa shape index (κ2) is 8.11. The van der Waals surface area contributed by atoms with E-state index in [0.29, 0.717) is 44.5 Å². The van der Waals surface area contributed by atoms with E-state index in [2.05, 4.69) is 15.0 Å². The zero-order valence-electron chi connectivity index (χ0n) is 14.8. The van der Waals surface area contributed by atoms with Crippen molar-refractivity contribution in [3.05, 3.63) is 41.5 Å². The van der Waals surface area contributed by atoms with Gasteiger partial charge in [0.2, 0.25) is 11.8 Å². The number of nitrogens with zero attached hydrogens (tertiary/aromatic N) is 4. The van der Waals surface area contributed by atoms with Crippen molar-refractivity contribution >= 4 is 5.91 Å². The SMILES string of the molecule is CCc1noc(CN(CC)C(=O)CN2CCOc3ccccc3C2)n1. The van der Waals surface area contributed by atoms with Crippen molar-refractivity contribution in [3.63, 3.8) is 0 Å². The molecule has 2 heterocycles. The van der Waals surface area contributed by atoms with E-state index >= 15 is 0 Å². The highest BCUT2D eigenvalue weighted by Gasteiger charge is 2.21. The predicted molar refractivity (Wildman–Crippen MR) is 92.0 cm³/mol. The van der Waals surface area contributed by atoms with E-state index in [1.54, 1.807) is 4.90 Å². The van der Waals surface area contributed by atoms with Gasteiger partial charge in [0, 0.05) is 31.6 Å². The quantitative estimate of drug-likeness (QED) is 0.797. The standard InChI is InChI=1S/C18H24N4O3/c1-3-16-19-17(25-20-16)12-22(4-2)18(23)13-21-9-10-24-15-8-6-5-7-14(15)11-21/h5-8H,3-4,9-13H2,1-2H3. The van der Waals surface area contributed by atoms with Crippen molar-refractivity contribution < 1.29 is 14.1 Å². The molecule has 3 rings (SSSR count). The van der Waals surface area contributed by atoms with Crippen LogP contribution in [0.15, 0.2) is 28.8 Å². The fourth-order valence-electron chi connectivity index (χ4n) is 2.84. The number of amides is 1. The lowest BCUT2D eigenvalue weighted by Gasteiger charge is -2.24. The number of hydrogen-bond donors (Lipinski definition) is 0. The number of likely N-dealkylation sites (N-methyl/N-ethyl adjacent to an activating group) is 1. The molecule has 0 atom stereocenters. The van der Waals surface area contributed by atoms with Gasteiger partial charge in [0.1, 0.15) is 18.9 Å². The number of carbonyl (C=O) groups excluding carboxylic acids is 1. The molecule has 0 radical (unpaired) electrons. The molecule has 0 saturated heterocycles. The Morgan fingerprint density at radius 3 is 2.92 bits per heavy atom. The van der Waals surface area contributed by atoms with E-state index in [9.17, 15) is 4.79 Å². The smallest absolute Gasteiger partial charge is 0.246 e. The third kappa shape index (κ3) is 4.36. The number of para-hydroxylation sites is 1. The van der Waals surface area contributed by atoms with Crippen LogP contribution in [0.25, 0.3) is 0 Å². The molecule has 7 nitrogen and oxygen atoms in total. The zero-order valence-corrected chi connectivity index (χ0v) is 14.8. The molecular formula is C18H24N4O3. The van der Waals surface area contributed by atoms with Gasteiger partial charge in [-0.1, -0.05) is 30.3 Å². The monoisotopic (exact) mass is 344 g/mol. The molecule has 0 N–H and O–H groups in total. The zero-order chi connectivity index (χ0) is 17.6. The Hall–Kier alpha value is -2.41. The van der Waals surface area contributed by atoms with E-state index in [1.807, 2.05) is 38.1 Å². The highest BCUT2D eigenvalue weighted by Crippen LogP contribution is 2.22. The number of benzene rings is 1. The minimum Gasteiger partial charge on any atom is -0.492 e. The third-order valence-electron chi connectivity index (χ3n) is 4.28. The number of aryl methyl sites for hydroxylation is 1. The average molecular weight is 344 g/mol. The molecule has 0 spiro atoms. The number of aromatic nitrogens is 2. The molecule has 0 fully saturated rings. The molecule has 1 aliphatic heterocycles. The van der Waals surface area contributed by atoms with E-state index in [0.717, 1.165) is 24.3 Å². The predicted octanol–water partition coefficient (Wildman–Crippen LogP) is 1.88. The van der Waals surface area contributed by atoms with Crippen molar-refractivity contribution in [1.29, 1.82) is 0 Å². The molecule has 0 unspecified atom stereocenters. The van der Waals surface area contributed by atoms with Crippen LogP contribution in [0.2, 0.25) is 0 Å². The summed E-state index contributed by atoms with van der Waals surface area (Å²) in [6, 6.07) is 7.97. The Morgan fingerprint density at radius 2 is 2.16 bits per heavy atom. The summed E-state index contributed by atoms with van der Waals surface area (Å²) in [6.45, 7) is 7.23. The van der Waals surface area contributed by atoms with Crippen LogP contribution in [0.4, 0.5) is 0 Å². The molecule has 1 amide bonds. The number of ether oxygens (including phenoxy) is 1. The van der Waals surface area contributed by atoms with Gasteiger partial charge in [-0.15, -0.1) is 0 Å². The van der Waals surface area contributed by atoms with Gasteiger partial charge in [-0.25, -0.2) is 0 Å². The number of carbonyl (C=O) groups is 1. The second-order valence-corrected chi connectivity index (χ2v) is 6.03. The van der Waals surface area contributed by atoms with Gasteiger partial charge >= 0.3 is 0 Å². The first-order chi connectivity index (χ1) is 12.2. The topological polar surface area (TPSA) is 71.7 Å². The Kier molecular flexibility index (Phi) is 5.65. The van der Waals surface area contributed by atoms with Crippen molar-refractivity contribution in [2.75, 3.05) is 26.2 Å². The highest BCUT2D eigenvalue weighted by molar-refractivity contribution is 5.78. The summed E-state index contributed by atoms with van der Waals surface area (Å²) in [4.78, 5) is 20.8. The largest absolute Gasteiger partial charge is 0.492 e. The van der Waals surface area contributed by atoms with Gasteiger partial charge in [-0.2, -0.15) is 4.98 Å². The first-order valence-electron chi connectivity index (χ1n) is 8.71. The molecule has 7 heteroatoms. The minimum atomic E-state index is 0.0538. The number of hydrogen-bond acceptors (Lipinski definition) is 6. The maximum Gasteiger partial charge on any atom is 0.246 e. The van der Waals surface area contributed by atoms with Gasteiger partial charge in [0.25, 0.3) is 0 Å². The van der Waals surface area contributed by atoms with Crippen molar-refractivity contribution in [3.8, 4) is 5.75 Å². The van der Waals surface area contributed by atoms with Crippen molar-refractivity contribution in [1.82, 2.24) is 19.9 Å².